The molecule has 0 aliphatic carbocycles. The fraction of sp³-hybridized carbons (Fsp3) is 0.391. The van der Waals surface area contributed by atoms with Gasteiger partial charge in [-0.2, -0.15) is 0 Å². The molecule has 0 atom stereocenters. The van der Waals surface area contributed by atoms with Gasteiger partial charge < -0.3 is 24.6 Å². The summed E-state index contributed by atoms with van der Waals surface area (Å²) in [4.78, 5) is 27.5. The molecule has 0 saturated carbocycles. The van der Waals surface area contributed by atoms with Gasteiger partial charge in [-0.1, -0.05) is 29.8 Å². The minimum atomic E-state index is -0.121. The molecule has 158 valence electrons. The Morgan fingerprint density at radius 3 is 2.40 bits per heavy atom. The minimum Gasteiger partial charge on any atom is -0.454 e. The van der Waals surface area contributed by atoms with Gasteiger partial charge >= 0.3 is 0 Å². The number of ketones is 1. The Labute approximate surface area is 176 Å². The second-order valence-corrected chi connectivity index (χ2v) is 8.20. The summed E-state index contributed by atoms with van der Waals surface area (Å²) >= 11 is 0. The molecule has 7 heteroatoms. The molecule has 0 spiro atoms. The van der Waals surface area contributed by atoms with E-state index in [1.807, 2.05) is 0 Å². The Morgan fingerprint density at radius 2 is 1.70 bits per heavy atom. The number of aryl methyl sites for hydroxylation is 1. The van der Waals surface area contributed by atoms with Crippen LogP contribution in [0, 0.1) is 6.92 Å². The van der Waals surface area contributed by atoms with E-state index in [1.54, 1.807) is 17.0 Å². The van der Waals surface area contributed by atoms with E-state index in [0.717, 1.165) is 32.7 Å². The number of hydrogen-bond donors (Lipinski definition) is 3. The molecule has 4 rings (SSSR count). The van der Waals surface area contributed by atoms with E-state index < -0.39 is 0 Å². The minimum absolute atomic E-state index is 0.0894. The molecule has 2 aromatic carbocycles. The Kier molecular flexibility index (Phi) is 6.01. The fourth-order valence-corrected chi connectivity index (χ4v) is 4.18. The maximum Gasteiger partial charge on any atom is 0.279 e. The van der Waals surface area contributed by atoms with Crippen molar-refractivity contribution in [2.24, 2.45) is 0 Å². The topological polar surface area (TPSA) is 73.5 Å². The quantitative estimate of drug-likeness (QED) is 0.578. The highest BCUT2D eigenvalue weighted by molar-refractivity contribution is 6.04. The maximum absolute atomic E-state index is 12.6. The lowest BCUT2D eigenvalue weighted by atomic mass is 10.1. The number of Topliss-reactive ketones (excluding diaryl/α,β-unsaturated/α-hetero) is 1. The maximum atomic E-state index is 12.6. The highest BCUT2D eigenvalue weighted by Crippen LogP contribution is 2.37. The molecule has 1 saturated heterocycles. The molecule has 2 aromatic rings. The molecule has 1 amide bonds. The van der Waals surface area contributed by atoms with Gasteiger partial charge in [-0.3, -0.25) is 9.59 Å². The van der Waals surface area contributed by atoms with Crippen LogP contribution in [0.15, 0.2) is 36.4 Å². The summed E-state index contributed by atoms with van der Waals surface area (Å²) in [6.45, 7) is 9.14. The summed E-state index contributed by atoms with van der Waals surface area (Å²) in [5.41, 5.74) is 3.59. The molecule has 30 heavy (non-hydrogen) atoms. The van der Waals surface area contributed by atoms with E-state index >= 15 is 0 Å². The number of benzene rings is 2. The van der Waals surface area contributed by atoms with E-state index in [9.17, 15) is 9.59 Å². The van der Waals surface area contributed by atoms with Crippen molar-refractivity contribution in [2.75, 3.05) is 44.8 Å². The zero-order valence-corrected chi connectivity index (χ0v) is 17.5. The van der Waals surface area contributed by atoms with Gasteiger partial charge in [-0.05, 0) is 19.9 Å². The van der Waals surface area contributed by atoms with Gasteiger partial charge in [-0.15, -0.1) is 0 Å². The number of quaternary nitrogens is 2. The van der Waals surface area contributed by atoms with Crippen LogP contribution in [0.4, 0.5) is 5.69 Å². The molecule has 0 aromatic heterocycles. The van der Waals surface area contributed by atoms with Crippen LogP contribution < -0.4 is 24.6 Å². The number of nitrogens with one attached hydrogen (secondary N) is 3. The third kappa shape index (κ3) is 4.80. The van der Waals surface area contributed by atoms with Crippen LogP contribution in [-0.2, 0) is 11.3 Å². The largest absolute Gasteiger partial charge is 0.454 e. The number of carbonyl (C=O) groups excluding carboxylic acids is 2. The van der Waals surface area contributed by atoms with Crippen molar-refractivity contribution in [3.05, 3.63) is 53.1 Å². The van der Waals surface area contributed by atoms with E-state index in [0.29, 0.717) is 29.3 Å². The number of ether oxygens (including phenoxy) is 2. The molecule has 1 fully saturated rings. The molecule has 7 nitrogen and oxygen atoms in total. The molecule has 2 heterocycles. The van der Waals surface area contributed by atoms with Crippen molar-refractivity contribution in [1.82, 2.24) is 0 Å². The number of hydrogen-bond acceptors (Lipinski definition) is 4. The number of piperazine rings is 1. The normalized spacial score (nSPS) is 20.1. The number of rotatable bonds is 6. The van der Waals surface area contributed by atoms with Gasteiger partial charge in [0.05, 0.1) is 5.69 Å². The third-order valence-corrected chi connectivity index (χ3v) is 5.78. The van der Waals surface area contributed by atoms with Gasteiger partial charge in [0, 0.05) is 17.2 Å². The molecule has 3 N–H and O–H groups in total. The van der Waals surface area contributed by atoms with Crippen LogP contribution in [0.2, 0.25) is 0 Å². The van der Waals surface area contributed by atoms with Crippen molar-refractivity contribution in [3.63, 3.8) is 0 Å². The number of fused-ring (bicyclic) bond motifs is 1. The molecular weight excluding hydrogens is 382 g/mol. The predicted molar refractivity (Wildman–Crippen MR) is 112 cm³/mol. The summed E-state index contributed by atoms with van der Waals surface area (Å²) < 4.78 is 10.7. The number of amides is 1. The predicted octanol–water partition coefficient (Wildman–Crippen LogP) is -0.152. The first kappa shape index (κ1) is 20.4. The zero-order valence-electron chi connectivity index (χ0n) is 17.5. The van der Waals surface area contributed by atoms with Crippen LogP contribution in [0.3, 0.4) is 0 Å². The first-order valence-corrected chi connectivity index (χ1v) is 10.4. The smallest absolute Gasteiger partial charge is 0.279 e. The molecule has 0 unspecified atom stereocenters. The molecule has 0 radical (unpaired) electrons. The lowest BCUT2D eigenvalue weighted by Gasteiger charge is -2.29. The van der Waals surface area contributed by atoms with Crippen molar-refractivity contribution < 1.29 is 28.9 Å². The highest BCUT2D eigenvalue weighted by Gasteiger charge is 2.26. The summed E-state index contributed by atoms with van der Waals surface area (Å²) in [5.74, 6) is 0.880. The molecule has 0 bridgehead atoms. The number of anilines is 1. The van der Waals surface area contributed by atoms with Crippen LogP contribution in [0.5, 0.6) is 11.5 Å². The van der Waals surface area contributed by atoms with Gasteiger partial charge in [0.25, 0.3) is 5.91 Å². The summed E-state index contributed by atoms with van der Waals surface area (Å²) in [6.07, 6.45) is 0. The average Bonchev–Trinajstić information content (AvgIpc) is 3.16. The monoisotopic (exact) mass is 411 g/mol. The van der Waals surface area contributed by atoms with Gasteiger partial charge in [0.1, 0.15) is 32.7 Å². The second kappa shape index (κ2) is 8.85. The Balaban J connectivity index is 1.31. The average molecular weight is 412 g/mol. The van der Waals surface area contributed by atoms with Crippen molar-refractivity contribution in [1.29, 1.82) is 0 Å². The van der Waals surface area contributed by atoms with E-state index in [4.69, 9.17) is 9.47 Å². The first-order valence-electron chi connectivity index (χ1n) is 10.4. The SMILES string of the molecule is CC(=O)c1cc2c(cc1NC(=O)C[NH+]1CC[NH+](Cc3cccc(C)c3)CC1)OCO2. The Hall–Kier alpha value is -2.90. The first-order chi connectivity index (χ1) is 14.5. The van der Waals surface area contributed by atoms with Crippen LogP contribution in [0.1, 0.15) is 28.4 Å². The van der Waals surface area contributed by atoms with Crippen LogP contribution >= 0.6 is 0 Å². The van der Waals surface area contributed by atoms with Gasteiger partial charge in [-0.25, -0.2) is 0 Å². The van der Waals surface area contributed by atoms with Crippen molar-refractivity contribution in [3.8, 4) is 11.5 Å². The summed E-state index contributed by atoms with van der Waals surface area (Å²) in [6, 6.07) is 12.0. The van der Waals surface area contributed by atoms with E-state index in [-0.39, 0.29) is 18.5 Å². The van der Waals surface area contributed by atoms with E-state index in [1.165, 1.54) is 23.0 Å². The van der Waals surface area contributed by atoms with Crippen LogP contribution in [-0.4, -0.2) is 51.2 Å². The van der Waals surface area contributed by atoms with Crippen molar-refractivity contribution in [2.45, 2.75) is 20.4 Å². The van der Waals surface area contributed by atoms with Crippen molar-refractivity contribution >= 4 is 17.4 Å². The third-order valence-electron chi connectivity index (χ3n) is 5.78. The second-order valence-electron chi connectivity index (χ2n) is 8.20. The lowest BCUT2D eigenvalue weighted by Crippen LogP contribution is -3.28. The zero-order chi connectivity index (χ0) is 21.1. The Bertz CT molecular complexity index is 951. The fourth-order valence-electron chi connectivity index (χ4n) is 4.18. The summed E-state index contributed by atoms with van der Waals surface area (Å²) in [5, 5.41) is 2.90. The highest BCUT2D eigenvalue weighted by atomic mass is 16.7. The molecule has 2 aliphatic heterocycles. The number of carbonyl (C=O) groups is 2. The van der Waals surface area contributed by atoms with Gasteiger partial charge in [0.2, 0.25) is 6.79 Å². The van der Waals surface area contributed by atoms with E-state index in [2.05, 4.69) is 36.5 Å². The molecule has 2 aliphatic rings. The summed E-state index contributed by atoms with van der Waals surface area (Å²) in [7, 11) is 0. The molecular formula is C23H29N3O4+2. The van der Waals surface area contributed by atoms with Gasteiger partial charge in [0.15, 0.2) is 23.8 Å². The lowest BCUT2D eigenvalue weighted by molar-refractivity contribution is -1.02. The standard InChI is InChI=1S/C23H27N3O4/c1-16-4-3-5-18(10-16)13-25-6-8-26(9-7-25)14-23(28)24-20-12-22-21(29-15-30-22)11-19(20)17(2)27/h3-5,10-12H,6-9,13-15H2,1-2H3,(H,24,28)/p+2. The van der Waals surface area contributed by atoms with Crippen LogP contribution in [0.25, 0.3) is 0 Å². The Morgan fingerprint density at radius 1 is 1.00 bits per heavy atom.